The molecule has 0 bridgehead atoms. The van der Waals surface area contributed by atoms with Crippen LogP contribution in [0.2, 0.25) is 0 Å². The van der Waals surface area contributed by atoms with E-state index in [2.05, 4.69) is 4.98 Å². The number of nitrogens with two attached hydrogens (primary N) is 1. The van der Waals surface area contributed by atoms with Gasteiger partial charge in [0.05, 0.1) is 12.7 Å². The molecule has 0 aliphatic rings. The summed E-state index contributed by atoms with van der Waals surface area (Å²) in [6.45, 7) is 6.56. The quantitative estimate of drug-likeness (QED) is 0.644. The lowest BCUT2D eigenvalue weighted by Gasteiger charge is -2.25. The number of hydrogen-bond acceptors (Lipinski definition) is 4. The average molecular weight is 390 g/mol. The second kappa shape index (κ2) is 8.05. The Morgan fingerprint density at radius 1 is 1.10 bits per heavy atom. The summed E-state index contributed by atoms with van der Waals surface area (Å²) in [7, 11) is 1.56. The van der Waals surface area contributed by atoms with E-state index in [-0.39, 0.29) is 16.8 Å². The number of carbonyl (C=O) groups is 1. The molecule has 3 aromatic rings. The van der Waals surface area contributed by atoms with Gasteiger partial charge in [0.1, 0.15) is 5.75 Å². The van der Waals surface area contributed by atoms with Crippen molar-refractivity contribution in [3.63, 3.8) is 0 Å². The molecule has 3 N–H and O–H groups in total. The SMILES string of the molecule is COc1c(C(=O)c2ccc(CN)cc2)cc(-c2ccc[nH]c2=O)cc1C(C)(C)C. The smallest absolute Gasteiger partial charge is 0.255 e. The minimum atomic E-state index is -0.290. The number of methoxy groups -OCH3 is 1. The third kappa shape index (κ3) is 4.15. The van der Waals surface area contributed by atoms with Crippen LogP contribution in [0.1, 0.15) is 47.8 Å². The van der Waals surface area contributed by atoms with Gasteiger partial charge in [0, 0.05) is 29.4 Å². The highest BCUT2D eigenvalue weighted by Crippen LogP contribution is 2.38. The Kier molecular flexibility index (Phi) is 5.71. The summed E-state index contributed by atoms with van der Waals surface area (Å²) in [5.41, 5.74) is 9.14. The molecule has 0 saturated heterocycles. The molecule has 0 unspecified atom stereocenters. The minimum Gasteiger partial charge on any atom is -0.496 e. The number of pyridine rings is 1. The molecule has 1 aromatic heterocycles. The molecule has 0 spiro atoms. The fourth-order valence-electron chi connectivity index (χ4n) is 3.33. The Morgan fingerprint density at radius 2 is 1.79 bits per heavy atom. The van der Waals surface area contributed by atoms with Gasteiger partial charge in [0.15, 0.2) is 5.78 Å². The molecule has 0 fully saturated rings. The molecule has 150 valence electrons. The zero-order valence-electron chi connectivity index (χ0n) is 17.2. The third-order valence-corrected chi connectivity index (χ3v) is 4.93. The zero-order chi connectivity index (χ0) is 21.2. The van der Waals surface area contributed by atoms with Crippen molar-refractivity contribution in [1.29, 1.82) is 0 Å². The van der Waals surface area contributed by atoms with Gasteiger partial charge in [-0.05, 0) is 40.8 Å². The molecule has 0 atom stereocenters. The maximum Gasteiger partial charge on any atom is 0.255 e. The van der Waals surface area contributed by atoms with Gasteiger partial charge in [-0.15, -0.1) is 0 Å². The van der Waals surface area contributed by atoms with Crippen LogP contribution in [0.3, 0.4) is 0 Å². The number of benzene rings is 2. The number of ether oxygens (including phenoxy) is 1. The second-order valence-electron chi connectivity index (χ2n) is 8.00. The Balaban J connectivity index is 2.26. The minimum absolute atomic E-state index is 0.162. The average Bonchev–Trinajstić information content (AvgIpc) is 2.72. The lowest BCUT2D eigenvalue weighted by molar-refractivity contribution is 0.103. The molecule has 0 amide bonds. The van der Waals surface area contributed by atoms with Gasteiger partial charge in [0.25, 0.3) is 5.56 Å². The van der Waals surface area contributed by atoms with Gasteiger partial charge < -0.3 is 15.5 Å². The van der Waals surface area contributed by atoms with Gasteiger partial charge in [-0.3, -0.25) is 9.59 Å². The van der Waals surface area contributed by atoms with Crippen LogP contribution in [0.5, 0.6) is 5.75 Å². The maximum absolute atomic E-state index is 13.4. The first-order valence-electron chi connectivity index (χ1n) is 9.50. The van der Waals surface area contributed by atoms with Crippen LogP contribution in [0.25, 0.3) is 11.1 Å². The predicted octanol–water partition coefficient (Wildman–Crippen LogP) is 4.04. The van der Waals surface area contributed by atoms with E-state index in [0.717, 1.165) is 11.1 Å². The maximum atomic E-state index is 13.4. The van der Waals surface area contributed by atoms with E-state index in [1.54, 1.807) is 43.6 Å². The Labute approximate surface area is 170 Å². The first kappa shape index (κ1) is 20.6. The molecule has 2 aromatic carbocycles. The van der Waals surface area contributed by atoms with Crippen molar-refractivity contribution in [2.75, 3.05) is 7.11 Å². The largest absolute Gasteiger partial charge is 0.496 e. The highest BCUT2D eigenvalue weighted by atomic mass is 16.5. The van der Waals surface area contributed by atoms with Crippen molar-refractivity contribution in [3.8, 4) is 16.9 Å². The van der Waals surface area contributed by atoms with Crippen molar-refractivity contribution < 1.29 is 9.53 Å². The molecule has 1 heterocycles. The van der Waals surface area contributed by atoms with Crippen molar-refractivity contribution in [1.82, 2.24) is 4.98 Å². The van der Waals surface area contributed by atoms with Gasteiger partial charge in [-0.25, -0.2) is 0 Å². The third-order valence-electron chi connectivity index (χ3n) is 4.93. The summed E-state index contributed by atoms with van der Waals surface area (Å²) >= 11 is 0. The standard InChI is InChI=1S/C24H26N2O3/c1-24(2,3)20-13-17(18-6-5-11-26-23(18)28)12-19(22(20)29-4)21(27)16-9-7-15(14-25)8-10-16/h5-13H,14,25H2,1-4H3,(H,26,28). The topological polar surface area (TPSA) is 85.2 Å². The van der Waals surface area contributed by atoms with Crippen LogP contribution in [0.15, 0.2) is 59.5 Å². The van der Waals surface area contributed by atoms with E-state index in [1.165, 1.54) is 0 Å². The van der Waals surface area contributed by atoms with E-state index in [1.807, 2.05) is 39.0 Å². The number of ketones is 1. The summed E-state index contributed by atoms with van der Waals surface area (Å²) in [6.07, 6.45) is 1.59. The second-order valence-corrected chi connectivity index (χ2v) is 8.00. The molecule has 3 rings (SSSR count). The van der Waals surface area contributed by atoms with Gasteiger partial charge in [0.2, 0.25) is 0 Å². The van der Waals surface area contributed by atoms with Crippen LogP contribution < -0.4 is 16.0 Å². The predicted molar refractivity (Wildman–Crippen MR) is 116 cm³/mol. The lowest BCUT2D eigenvalue weighted by Crippen LogP contribution is -2.17. The molecular formula is C24H26N2O3. The molecule has 0 saturated carbocycles. The van der Waals surface area contributed by atoms with Crippen molar-refractivity contribution in [2.45, 2.75) is 32.7 Å². The molecule has 0 radical (unpaired) electrons. The van der Waals surface area contributed by atoms with E-state index in [4.69, 9.17) is 10.5 Å². The highest BCUT2D eigenvalue weighted by molar-refractivity contribution is 6.11. The van der Waals surface area contributed by atoms with Crippen LogP contribution >= 0.6 is 0 Å². The fourth-order valence-corrected chi connectivity index (χ4v) is 3.33. The van der Waals surface area contributed by atoms with Crippen molar-refractivity contribution in [3.05, 3.63) is 87.3 Å². The number of aromatic amines is 1. The highest BCUT2D eigenvalue weighted by Gasteiger charge is 2.26. The molecule has 29 heavy (non-hydrogen) atoms. The Hall–Kier alpha value is -3.18. The number of aromatic nitrogens is 1. The number of rotatable bonds is 5. The summed E-state index contributed by atoms with van der Waals surface area (Å²) < 4.78 is 5.68. The van der Waals surface area contributed by atoms with Gasteiger partial charge >= 0.3 is 0 Å². The van der Waals surface area contributed by atoms with Gasteiger partial charge in [-0.2, -0.15) is 0 Å². The molecular weight excluding hydrogens is 364 g/mol. The Morgan fingerprint density at radius 3 is 2.34 bits per heavy atom. The Bertz CT molecular complexity index is 1090. The molecule has 0 aliphatic carbocycles. The number of carbonyl (C=O) groups excluding carboxylic acids is 1. The lowest BCUT2D eigenvalue weighted by atomic mass is 9.82. The summed E-state index contributed by atoms with van der Waals surface area (Å²) in [6, 6.07) is 14.4. The number of hydrogen-bond donors (Lipinski definition) is 2. The van der Waals surface area contributed by atoms with E-state index in [0.29, 0.717) is 34.5 Å². The molecule has 5 heteroatoms. The first-order valence-corrected chi connectivity index (χ1v) is 9.50. The zero-order valence-corrected chi connectivity index (χ0v) is 17.2. The normalized spacial score (nSPS) is 11.3. The first-order chi connectivity index (χ1) is 13.8. The van der Waals surface area contributed by atoms with Crippen molar-refractivity contribution in [2.24, 2.45) is 5.73 Å². The summed E-state index contributed by atoms with van der Waals surface area (Å²) in [4.78, 5) is 28.4. The summed E-state index contributed by atoms with van der Waals surface area (Å²) in [5.74, 6) is 0.367. The van der Waals surface area contributed by atoms with E-state index >= 15 is 0 Å². The van der Waals surface area contributed by atoms with Gasteiger partial charge in [-0.1, -0.05) is 45.0 Å². The van der Waals surface area contributed by atoms with Crippen LogP contribution in [-0.2, 0) is 12.0 Å². The fraction of sp³-hybridized carbons (Fsp3) is 0.250. The molecule has 5 nitrogen and oxygen atoms in total. The monoisotopic (exact) mass is 390 g/mol. The number of nitrogens with one attached hydrogen (secondary N) is 1. The van der Waals surface area contributed by atoms with E-state index < -0.39 is 0 Å². The van der Waals surface area contributed by atoms with Crippen LogP contribution in [0.4, 0.5) is 0 Å². The van der Waals surface area contributed by atoms with Crippen LogP contribution in [-0.4, -0.2) is 17.9 Å². The van der Waals surface area contributed by atoms with Crippen LogP contribution in [0, 0.1) is 0 Å². The van der Waals surface area contributed by atoms with E-state index in [9.17, 15) is 9.59 Å². The van der Waals surface area contributed by atoms with Crippen molar-refractivity contribution >= 4 is 5.78 Å². The summed E-state index contributed by atoms with van der Waals surface area (Å²) in [5, 5.41) is 0. The number of H-pyrrole nitrogens is 1. The molecule has 0 aliphatic heterocycles.